The molecule has 1 heterocycles. The lowest BCUT2D eigenvalue weighted by Gasteiger charge is -2.06. The number of hydrogen-bond donors (Lipinski definition) is 2. The smallest absolute Gasteiger partial charge is 0.230 e. The molecule has 0 atom stereocenters. The summed E-state index contributed by atoms with van der Waals surface area (Å²) < 4.78 is 14.6. The van der Waals surface area contributed by atoms with Crippen LogP contribution in [0.15, 0.2) is 53.7 Å². The molecule has 3 rings (SSSR count). The number of thioether (sulfide) groups is 1. The molecule has 0 bridgehead atoms. The maximum Gasteiger partial charge on any atom is 0.230 e. The van der Waals surface area contributed by atoms with Gasteiger partial charge in [0.1, 0.15) is 5.82 Å². The molecule has 3 aromatic rings. The molecule has 0 spiro atoms. The summed E-state index contributed by atoms with van der Waals surface area (Å²) in [5, 5.41) is 11.8. The number of benzene rings is 2. The fraction of sp³-hybridized carbons (Fsp3) is 0.167. The first-order valence-corrected chi connectivity index (χ1v) is 9.49. The summed E-state index contributed by atoms with van der Waals surface area (Å²) in [6.45, 7) is 0.519. The van der Waals surface area contributed by atoms with Crippen molar-refractivity contribution in [3.8, 4) is 11.4 Å². The highest BCUT2D eigenvalue weighted by atomic mass is 35.5. The first-order valence-electron chi connectivity index (χ1n) is 8.13. The van der Waals surface area contributed by atoms with E-state index < -0.39 is 0 Å². The number of halogens is 2. The Balaban J connectivity index is 1.49. The zero-order chi connectivity index (χ0) is 19.2. The molecule has 9 heteroatoms. The molecule has 1 aromatic heterocycles. The van der Waals surface area contributed by atoms with E-state index in [4.69, 9.17) is 17.4 Å². The van der Waals surface area contributed by atoms with Gasteiger partial charge >= 0.3 is 0 Å². The second-order valence-corrected chi connectivity index (χ2v) is 7.08. The molecule has 1 amide bonds. The van der Waals surface area contributed by atoms with Crippen LogP contribution in [-0.2, 0) is 11.2 Å². The van der Waals surface area contributed by atoms with Gasteiger partial charge in [0, 0.05) is 17.1 Å². The van der Waals surface area contributed by atoms with E-state index in [9.17, 15) is 9.18 Å². The number of nitrogen functional groups attached to an aromatic ring is 1. The first-order chi connectivity index (χ1) is 13.0. The highest BCUT2D eigenvalue weighted by Gasteiger charge is 2.14. The number of rotatable bonds is 7. The van der Waals surface area contributed by atoms with E-state index in [0.29, 0.717) is 34.5 Å². The minimum Gasteiger partial charge on any atom is -0.355 e. The Morgan fingerprint density at radius 1 is 1.22 bits per heavy atom. The maximum atomic E-state index is 13.3. The normalized spacial score (nSPS) is 10.7. The van der Waals surface area contributed by atoms with Crippen LogP contribution >= 0.6 is 23.4 Å². The summed E-state index contributed by atoms with van der Waals surface area (Å²) in [5.74, 6) is 5.93. The summed E-state index contributed by atoms with van der Waals surface area (Å²) in [4.78, 5) is 12.0. The molecule has 0 aliphatic rings. The van der Waals surface area contributed by atoms with Crippen LogP contribution in [0.1, 0.15) is 5.56 Å². The number of hydrogen-bond acceptors (Lipinski definition) is 5. The maximum absolute atomic E-state index is 13.3. The van der Waals surface area contributed by atoms with Gasteiger partial charge in [0.15, 0.2) is 5.82 Å². The molecule has 0 fully saturated rings. The third kappa shape index (κ3) is 5.21. The fourth-order valence-electron chi connectivity index (χ4n) is 2.38. The highest BCUT2D eigenvalue weighted by molar-refractivity contribution is 7.99. The molecular weight excluding hydrogens is 389 g/mol. The second kappa shape index (κ2) is 8.88. The van der Waals surface area contributed by atoms with Gasteiger partial charge in [-0.05, 0) is 36.2 Å². The van der Waals surface area contributed by atoms with Crippen LogP contribution in [0, 0.1) is 5.82 Å². The predicted molar refractivity (Wildman–Crippen MR) is 104 cm³/mol. The van der Waals surface area contributed by atoms with Crippen molar-refractivity contribution in [1.82, 2.24) is 20.2 Å². The number of nitrogens with two attached hydrogens (primary N) is 1. The molecule has 0 saturated carbocycles. The molecule has 27 heavy (non-hydrogen) atoms. The van der Waals surface area contributed by atoms with Crippen molar-refractivity contribution < 1.29 is 9.18 Å². The van der Waals surface area contributed by atoms with Crippen molar-refractivity contribution in [2.24, 2.45) is 0 Å². The summed E-state index contributed by atoms with van der Waals surface area (Å²) in [6, 6.07) is 13.4. The molecule has 0 unspecified atom stereocenters. The minimum absolute atomic E-state index is 0.135. The van der Waals surface area contributed by atoms with Crippen molar-refractivity contribution in [3.05, 3.63) is 64.9 Å². The standard InChI is InChI=1S/C18H17ClFN5OS/c19-14-6-4-12(5-7-14)8-9-22-16(26)11-27-18-24-23-17(25(18)21)13-2-1-3-15(20)10-13/h1-7,10H,8-9,11,21H2,(H,22,26). The molecule has 6 nitrogen and oxygen atoms in total. The molecule has 3 N–H and O–H groups in total. The monoisotopic (exact) mass is 405 g/mol. The van der Waals surface area contributed by atoms with Gasteiger partial charge in [-0.15, -0.1) is 10.2 Å². The van der Waals surface area contributed by atoms with E-state index >= 15 is 0 Å². The Kier molecular flexibility index (Phi) is 6.31. The quantitative estimate of drug-likeness (QED) is 0.466. The van der Waals surface area contributed by atoms with Gasteiger partial charge in [-0.1, -0.05) is 47.6 Å². The third-order valence-corrected chi connectivity index (χ3v) is 4.92. The SMILES string of the molecule is Nn1c(SCC(=O)NCCc2ccc(Cl)cc2)nnc1-c1cccc(F)c1. The molecule has 0 radical (unpaired) electrons. The molecular formula is C18H17ClFN5OS. The first kappa shape index (κ1) is 19.2. The van der Waals surface area contributed by atoms with Gasteiger partial charge < -0.3 is 11.2 Å². The summed E-state index contributed by atoms with van der Waals surface area (Å²) >= 11 is 7.01. The Bertz CT molecular complexity index is 932. The zero-order valence-electron chi connectivity index (χ0n) is 14.2. The molecule has 0 aliphatic heterocycles. The topological polar surface area (TPSA) is 85.8 Å². The number of nitrogens with zero attached hydrogens (tertiary/aromatic N) is 3. The Morgan fingerprint density at radius 2 is 2.00 bits per heavy atom. The second-order valence-electron chi connectivity index (χ2n) is 5.70. The van der Waals surface area contributed by atoms with E-state index in [-0.39, 0.29) is 17.5 Å². The van der Waals surface area contributed by atoms with E-state index in [1.165, 1.54) is 16.8 Å². The van der Waals surface area contributed by atoms with E-state index in [1.807, 2.05) is 24.3 Å². The van der Waals surface area contributed by atoms with Gasteiger partial charge in [-0.25, -0.2) is 9.07 Å². The molecule has 140 valence electrons. The summed E-state index contributed by atoms with van der Waals surface area (Å²) in [7, 11) is 0. The van der Waals surface area contributed by atoms with Gasteiger partial charge in [-0.3, -0.25) is 4.79 Å². The van der Waals surface area contributed by atoms with E-state index in [0.717, 1.165) is 17.3 Å². The third-order valence-electron chi connectivity index (χ3n) is 3.73. The number of amides is 1. The number of carbonyl (C=O) groups excluding carboxylic acids is 1. The Labute approximate surface area is 164 Å². The predicted octanol–water partition coefficient (Wildman–Crippen LogP) is 2.90. The Morgan fingerprint density at radius 3 is 2.74 bits per heavy atom. The lowest BCUT2D eigenvalue weighted by atomic mass is 10.1. The highest BCUT2D eigenvalue weighted by Crippen LogP contribution is 2.21. The zero-order valence-corrected chi connectivity index (χ0v) is 15.8. The lowest BCUT2D eigenvalue weighted by molar-refractivity contribution is -0.118. The summed E-state index contributed by atoms with van der Waals surface area (Å²) in [5.41, 5.74) is 1.61. The van der Waals surface area contributed by atoms with Crippen LogP contribution in [-0.4, -0.2) is 33.1 Å². The van der Waals surface area contributed by atoms with Crippen molar-refractivity contribution in [1.29, 1.82) is 0 Å². The number of aromatic nitrogens is 3. The molecule has 2 aromatic carbocycles. The van der Waals surface area contributed by atoms with Crippen LogP contribution in [0.25, 0.3) is 11.4 Å². The van der Waals surface area contributed by atoms with Gasteiger partial charge in [0.25, 0.3) is 0 Å². The van der Waals surface area contributed by atoms with E-state index in [2.05, 4.69) is 15.5 Å². The van der Waals surface area contributed by atoms with Crippen molar-refractivity contribution in [2.75, 3.05) is 18.1 Å². The number of carbonyl (C=O) groups is 1. The van der Waals surface area contributed by atoms with Crippen LogP contribution in [0.3, 0.4) is 0 Å². The molecule has 0 saturated heterocycles. The van der Waals surface area contributed by atoms with Crippen LogP contribution in [0.5, 0.6) is 0 Å². The van der Waals surface area contributed by atoms with Gasteiger partial charge in [0.05, 0.1) is 5.75 Å². The average molecular weight is 406 g/mol. The van der Waals surface area contributed by atoms with Crippen LogP contribution in [0.2, 0.25) is 5.02 Å². The van der Waals surface area contributed by atoms with Gasteiger partial charge in [-0.2, -0.15) is 0 Å². The largest absolute Gasteiger partial charge is 0.355 e. The fourth-order valence-corrected chi connectivity index (χ4v) is 3.19. The van der Waals surface area contributed by atoms with Gasteiger partial charge in [0.2, 0.25) is 11.1 Å². The Hall–Kier alpha value is -2.58. The number of nitrogens with one attached hydrogen (secondary N) is 1. The van der Waals surface area contributed by atoms with Crippen LogP contribution < -0.4 is 11.2 Å². The minimum atomic E-state index is -0.384. The lowest BCUT2D eigenvalue weighted by Crippen LogP contribution is -2.27. The summed E-state index contributed by atoms with van der Waals surface area (Å²) in [6.07, 6.45) is 0.713. The van der Waals surface area contributed by atoms with Crippen molar-refractivity contribution >= 4 is 29.3 Å². The average Bonchev–Trinajstić information content (AvgIpc) is 3.02. The molecule has 0 aliphatic carbocycles. The van der Waals surface area contributed by atoms with Crippen molar-refractivity contribution in [3.63, 3.8) is 0 Å². The van der Waals surface area contributed by atoms with Crippen molar-refractivity contribution in [2.45, 2.75) is 11.6 Å². The van der Waals surface area contributed by atoms with E-state index in [1.54, 1.807) is 12.1 Å². The van der Waals surface area contributed by atoms with Crippen LogP contribution in [0.4, 0.5) is 4.39 Å².